The van der Waals surface area contributed by atoms with Crippen LogP contribution < -0.4 is 15.5 Å². The molecule has 13 heteroatoms. The molecule has 3 rings (SSSR count). The maximum atomic E-state index is 14.9. The summed E-state index contributed by atoms with van der Waals surface area (Å²) in [5.74, 6) is -4.17. The maximum absolute atomic E-state index is 14.9. The average molecular weight is 591 g/mol. The van der Waals surface area contributed by atoms with Gasteiger partial charge in [0.05, 0.1) is 35.4 Å². The summed E-state index contributed by atoms with van der Waals surface area (Å²) in [5, 5.41) is 15.0. The Bertz CT molecular complexity index is 1240. The van der Waals surface area contributed by atoms with Crippen molar-refractivity contribution in [3.05, 3.63) is 58.1 Å². The topological polar surface area (TPSA) is 84.9 Å². The highest BCUT2D eigenvalue weighted by Gasteiger charge is 2.32. The summed E-state index contributed by atoms with van der Waals surface area (Å²) in [6.45, 7) is 5.29. The summed E-state index contributed by atoms with van der Waals surface area (Å²) < 4.78 is 67.6. The van der Waals surface area contributed by atoms with Crippen LogP contribution in [0.15, 0.2) is 30.3 Å². The number of halogens is 6. The number of amides is 2. The van der Waals surface area contributed by atoms with E-state index >= 15 is 0 Å². The van der Waals surface area contributed by atoms with Crippen LogP contribution in [-0.2, 0) is 11.3 Å². The van der Waals surface area contributed by atoms with E-state index in [2.05, 4.69) is 10.6 Å². The van der Waals surface area contributed by atoms with E-state index in [1.807, 2.05) is 4.90 Å². The Kier molecular flexibility index (Phi) is 10.0. The lowest BCUT2D eigenvalue weighted by atomic mass is 10.0. The first kappa shape index (κ1) is 31.6. The number of aliphatic hydroxyl groups is 1. The second kappa shape index (κ2) is 12.7. The molecule has 0 saturated carbocycles. The third-order valence-electron chi connectivity index (χ3n) is 6.47. The van der Waals surface area contributed by atoms with E-state index in [1.54, 1.807) is 17.9 Å². The number of benzene rings is 2. The number of hydrogen-bond acceptors (Lipinski definition) is 5. The number of piperazine rings is 1. The molecule has 0 aliphatic carbocycles. The second-order valence-electron chi connectivity index (χ2n) is 10.5. The van der Waals surface area contributed by atoms with Crippen molar-refractivity contribution >= 4 is 34.8 Å². The van der Waals surface area contributed by atoms with Crippen molar-refractivity contribution in [3.63, 3.8) is 0 Å². The van der Waals surface area contributed by atoms with Gasteiger partial charge in [-0.05, 0) is 45.0 Å². The van der Waals surface area contributed by atoms with Crippen molar-refractivity contribution in [2.45, 2.75) is 58.0 Å². The number of rotatable bonds is 9. The molecule has 0 aromatic heterocycles. The van der Waals surface area contributed by atoms with E-state index in [0.29, 0.717) is 30.3 Å². The summed E-state index contributed by atoms with van der Waals surface area (Å²) in [6, 6.07) is 6.68. The monoisotopic (exact) mass is 590 g/mol. The van der Waals surface area contributed by atoms with Gasteiger partial charge in [-0.1, -0.05) is 17.7 Å². The van der Waals surface area contributed by atoms with Crippen molar-refractivity contribution in [1.29, 1.82) is 0 Å². The Morgan fingerprint density at radius 3 is 2.42 bits per heavy atom. The zero-order chi connectivity index (χ0) is 29.8. The van der Waals surface area contributed by atoms with Crippen molar-refractivity contribution in [2.75, 3.05) is 36.4 Å². The summed E-state index contributed by atoms with van der Waals surface area (Å²) in [7, 11) is 0. The van der Waals surface area contributed by atoms with Crippen LogP contribution in [0.1, 0.15) is 49.5 Å². The van der Waals surface area contributed by atoms with Gasteiger partial charge in [-0.15, -0.1) is 0 Å². The zero-order valence-electron chi connectivity index (χ0n) is 22.3. The second-order valence-corrected chi connectivity index (χ2v) is 10.9. The predicted molar refractivity (Wildman–Crippen MR) is 142 cm³/mol. The highest BCUT2D eigenvalue weighted by atomic mass is 35.5. The summed E-state index contributed by atoms with van der Waals surface area (Å²) >= 11 is 6.18. The fourth-order valence-corrected chi connectivity index (χ4v) is 4.60. The quantitative estimate of drug-likeness (QED) is 0.354. The van der Waals surface area contributed by atoms with Crippen LogP contribution in [0.5, 0.6) is 0 Å². The molecule has 1 atom stereocenters. The Hall–Kier alpha value is -2.96. The lowest BCUT2D eigenvalue weighted by Crippen LogP contribution is -2.52. The van der Waals surface area contributed by atoms with Crippen LogP contribution >= 0.6 is 11.6 Å². The fraction of sp³-hybridized carbons (Fsp3) is 0.481. The molecule has 1 aliphatic rings. The van der Waals surface area contributed by atoms with Crippen molar-refractivity contribution in [2.24, 2.45) is 0 Å². The molecule has 7 nitrogen and oxygen atoms in total. The number of carbonyl (C=O) groups is 2. The van der Waals surface area contributed by atoms with E-state index in [-0.39, 0.29) is 36.8 Å². The minimum absolute atomic E-state index is 0.123. The van der Waals surface area contributed by atoms with Crippen LogP contribution in [-0.4, -0.2) is 65.8 Å². The van der Waals surface area contributed by atoms with Gasteiger partial charge in [0.15, 0.2) is 11.6 Å². The molecule has 40 heavy (non-hydrogen) atoms. The van der Waals surface area contributed by atoms with Gasteiger partial charge in [-0.3, -0.25) is 14.5 Å². The van der Waals surface area contributed by atoms with Crippen LogP contribution in [0.3, 0.4) is 0 Å². The summed E-state index contributed by atoms with van der Waals surface area (Å²) in [6.07, 6.45) is -5.40. The molecule has 2 aromatic rings. The maximum Gasteiger partial charge on any atom is 0.390 e. The first-order chi connectivity index (χ1) is 18.5. The third kappa shape index (κ3) is 8.77. The van der Waals surface area contributed by atoms with E-state index in [4.69, 9.17) is 11.6 Å². The summed E-state index contributed by atoms with van der Waals surface area (Å²) in [4.78, 5) is 28.4. The Labute approximate surface area is 234 Å². The fourth-order valence-electron chi connectivity index (χ4n) is 4.43. The molecule has 1 heterocycles. The largest absolute Gasteiger partial charge is 0.390 e. The molecule has 0 radical (unpaired) electrons. The standard InChI is InChI=1S/C27H32ClF5N4O3/c1-16-15-37(11-10-36(16)9-8-27(31,32)33)21-12-18(28)5-7-20(21)35-25(39)19-6-4-17(23(29)24(19)30)14-34-22(38)13-26(2,3)40/h4-7,12,16,40H,8-11,13-15H2,1-3H3,(H,34,38)(H,35,39)/t16-/m1/s1. The lowest BCUT2D eigenvalue weighted by molar-refractivity contribution is -0.139. The van der Waals surface area contributed by atoms with E-state index < -0.39 is 47.2 Å². The van der Waals surface area contributed by atoms with Crippen LogP contribution in [0, 0.1) is 11.6 Å². The van der Waals surface area contributed by atoms with Gasteiger partial charge in [-0.25, -0.2) is 8.78 Å². The minimum atomic E-state index is -4.25. The van der Waals surface area contributed by atoms with Gasteiger partial charge in [-0.2, -0.15) is 13.2 Å². The van der Waals surface area contributed by atoms with Gasteiger partial charge in [0.2, 0.25) is 5.91 Å². The molecule has 3 N–H and O–H groups in total. The molecular formula is C27H32ClF5N4O3. The van der Waals surface area contributed by atoms with E-state index in [0.717, 1.165) is 6.07 Å². The van der Waals surface area contributed by atoms with Crippen LogP contribution in [0.2, 0.25) is 5.02 Å². The number of carbonyl (C=O) groups excluding carboxylic acids is 2. The molecular weight excluding hydrogens is 559 g/mol. The third-order valence-corrected chi connectivity index (χ3v) is 6.71. The molecule has 0 spiro atoms. The number of nitrogens with zero attached hydrogens (tertiary/aromatic N) is 2. The van der Waals surface area contributed by atoms with E-state index in [9.17, 15) is 36.6 Å². The molecule has 2 amide bonds. The smallest absolute Gasteiger partial charge is 0.390 e. The van der Waals surface area contributed by atoms with Crippen LogP contribution in [0.4, 0.5) is 33.3 Å². The number of alkyl halides is 3. The Balaban J connectivity index is 1.72. The molecule has 1 aliphatic heterocycles. The highest BCUT2D eigenvalue weighted by molar-refractivity contribution is 6.31. The SMILES string of the molecule is C[C@@H]1CN(c2cc(Cl)ccc2NC(=O)c2ccc(CNC(=O)CC(C)(C)O)c(F)c2F)CCN1CCC(F)(F)F. The van der Waals surface area contributed by atoms with Crippen molar-refractivity contribution in [3.8, 4) is 0 Å². The molecule has 1 saturated heterocycles. The molecule has 1 fully saturated rings. The van der Waals surface area contributed by atoms with Gasteiger partial charge < -0.3 is 20.6 Å². The lowest BCUT2D eigenvalue weighted by Gasteiger charge is -2.41. The minimum Gasteiger partial charge on any atom is -0.390 e. The predicted octanol–water partition coefficient (Wildman–Crippen LogP) is 5.11. The summed E-state index contributed by atoms with van der Waals surface area (Å²) in [5.41, 5.74) is -1.24. The molecule has 0 unspecified atom stereocenters. The Morgan fingerprint density at radius 2 is 1.80 bits per heavy atom. The Morgan fingerprint density at radius 1 is 1.10 bits per heavy atom. The first-order valence-corrected chi connectivity index (χ1v) is 13.0. The molecule has 0 bridgehead atoms. The van der Waals surface area contributed by atoms with E-state index in [1.165, 1.54) is 32.0 Å². The van der Waals surface area contributed by atoms with Gasteiger partial charge in [0.25, 0.3) is 5.91 Å². The van der Waals surface area contributed by atoms with Gasteiger partial charge >= 0.3 is 6.18 Å². The highest BCUT2D eigenvalue weighted by Crippen LogP contribution is 2.32. The van der Waals surface area contributed by atoms with Gasteiger partial charge in [0, 0.05) is 49.4 Å². The van der Waals surface area contributed by atoms with Crippen LogP contribution in [0.25, 0.3) is 0 Å². The zero-order valence-corrected chi connectivity index (χ0v) is 23.1. The number of anilines is 2. The average Bonchev–Trinajstić information content (AvgIpc) is 2.83. The normalized spacial score (nSPS) is 16.6. The van der Waals surface area contributed by atoms with Crippen molar-refractivity contribution in [1.82, 2.24) is 10.2 Å². The van der Waals surface area contributed by atoms with Gasteiger partial charge in [0.1, 0.15) is 0 Å². The van der Waals surface area contributed by atoms with Crippen molar-refractivity contribution < 1.29 is 36.6 Å². The number of nitrogens with one attached hydrogen (secondary N) is 2. The first-order valence-electron chi connectivity index (χ1n) is 12.7. The number of hydrogen-bond donors (Lipinski definition) is 3. The molecule has 220 valence electrons. The molecule has 2 aromatic carbocycles.